The van der Waals surface area contributed by atoms with Gasteiger partial charge in [0.05, 0.1) is 25.2 Å². The Kier molecular flexibility index (Phi) is 11.1. The summed E-state index contributed by atoms with van der Waals surface area (Å²) in [6.45, 7) is 26.6. The Morgan fingerprint density at radius 3 is 1.15 bits per heavy atom. The third kappa shape index (κ3) is 8.44. The summed E-state index contributed by atoms with van der Waals surface area (Å²) in [4.78, 5) is 28.5. The van der Waals surface area contributed by atoms with Crippen LogP contribution >= 0.6 is 0 Å². The second-order valence-corrected chi connectivity index (χ2v) is 22.1. The molecule has 2 aromatic rings. The zero-order valence-electron chi connectivity index (χ0n) is 36.2. The van der Waals surface area contributed by atoms with Crippen LogP contribution in [0.2, 0.25) is 0 Å². The number of hydrogen-bond donors (Lipinski definition) is 2. The fraction of sp³-hybridized carbons (Fsp3) is 0.702. The quantitative estimate of drug-likeness (QED) is 0.207. The molecule has 2 heterocycles. The molecule has 8 heteroatoms. The minimum Gasteiger partial charge on any atom is -0.632 e. The van der Waals surface area contributed by atoms with E-state index < -0.39 is 21.4 Å². The number of nitrogens with one attached hydrogen (secondary N) is 2. The SMILES string of the molecule is CC(C)(C)c1cc(NC(=O)[C@@H]2C[C@@H]3CCC[C@@H]3[N@@+]2([O-])CCC[N@@+]2([O-])[C@H](C(=O)Nc3cc(C(C)(C)C)cc(C(C)(C)C)c3)C[C@@H]3CCC[C@@H]32)cc(C(C)(C)C)c1. The van der Waals surface area contributed by atoms with Crippen LogP contribution < -0.4 is 10.6 Å². The van der Waals surface area contributed by atoms with Crippen molar-refractivity contribution in [3.05, 3.63) is 69.1 Å². The zero-order chi connectivity index (χ0) is 40.5. The summed E-state index contributed by atoms with van der Waals surface area (Å²) in [5.74, 6) is 0.0348. The first-order chi connectivity index (χ1) is 25.3. The second kappa shape index (κ2) is 14.6. The molecule has 2 saturated carbocycles. The molecule has 8 atom stereocenters. The van der Waals surface area contributed by atoms with E-state index in [1.54, 1.807) is 0 Å². The maximum Gasteiger partial charge on any atom is 0.283 e. The van der Waals surface area contributed by atoms with Crippen molar-refractivity contribution >= 4 is 23.2 Å². The third-order valence-corrected chi connectivity index (χ3v) is 14.0. The number of quaternary nitrogens is 2. The van der Waals surface area contributed by atoms with Crippen molar-refractivity contribution in [2.24, 2.45) is 11.8 Å². The monoisotopic (exact) mass is 757 g/mol. The molecule has 2 aliphatic heterocycles. The summed E-state index contributed by atoms with van der Waals surface area (Å²) < 4.78 is -1.11. The number of hydroxylamine groups is 6. The lowest BCUT2D eigenvalue weighted by Gasteiger charge is -2.51. The highest BCUT2D eigenvalue weighted by Gasteiger charge is 2.57. The number of carbonyl (C=O) groups is 2. The fourth-order valence-corrected chi connectivity index (χ4v) is 10.5. The number of likely N-dealkylation sites (tertiary alicyclic amines) is 2. The molecule has 0 bridgehead atoms. The van der Waals surface area contributed by atoms with E-state index in [1.807, 2.05) is 0 Å². The van der Waals surface area contributed by atoms with Gasteiger partial charge in [-0.25, -0.2) is 0 Å². The van der Waals surface area contributed by atoms with Crippen LogP contribution in [-0.2, 0) is 31.2 Å². The molecule has 304 valence electrons. The van der Waals surface area contributed by atoms with Crippen molar-refractivity contribution in [1.82, 2.24) is 0 Å². The first kappa shape index (κ1) is 41.8. The number of carbonyl (C=O) groups excluding carboxylic acids is 2. The molecule has 55 heavy (non-hydrogen) atoms. The van der Waals surface area contributed by atoms with E-state index >= 15 is 10.4 Å². The van der Waals surface area contributed by atoms with Crippen LogP contribution in [0.25, 0.3) is 0 Å². The normalized spacial score (nSPS) is 31.0. The Morgan fingerprint density at radius 2 is 0.855 bits per heavy atom. The molecule has 6 rings (SSSR count). The Labute approximate surface area is 332 Å². The van der Waals surface area contributed by atoms with E-state index in [1.165, 1.54) is 0 Å². The molecule has 2 aromatic carbocycles. The summed E-state index contributed by atoms with van der Waals surface area (Å²) in [5, 5.41) is 36.9. The summed E-state index contributed by atoms with van der Waals surface area (Å²) in [6, 6.07) is 11.1. The van der Waals surface area contributed by atoms with Gasteiger partial charge in [-0.15, -0.1) is 0 Å². The van der Waals surface area contributed by atoms with Crippen LogP contribution in [0.5, 0.6) is 0 Å². The molecule has 2 saturated heterocycles. The standard InChI is InChI=1S/C47H72N4O4/c1-44(2,3)32-24-33(45(4,5)6)27-36(26-32)48-42(52)40-22-30-16-13-18-38(30)50(40,54)20-15-21-51(55)39-19-14-17-31(39)23-41(51)43(53)49-37-28-34(46(7,8)9)25-35(29-37)47(10,11)12/h24-31,38-41H,13-23H2,1-12H3,(H,48,52)(H,49,53)/t30-,31-,38-,39-,40-,41-,50-,51-/m0/s1. The summed E-state index contributed by atoms with van der Waals surface area (Å²) in [6.07, 6.45) is 7.19. The molecule has 0 spiro atoms. The van der Waals surface area contributed by atoms with E-state index in [-0.39, 0.29) is 70.5 Å². The number of rotatable bonds is 8. The van der Waals surface area contributed by atoms with E-state index in [2.05, 4.69) is 130 Å². The largest absolute Gasteiger partial charge is 0.632 e. The highest BCUT2D eigenvalue weighted by atomic mass is 16.6. The Morgan fingerprint density at radius 1 is 0.545 bits per heavy atom. The van der Waals surface area contributed by atoms with E-state index in [0.717, 1.165) is 72.2 Å². The van der Waals surface area contributed by atoms with Gasteiger partial charge in [0.15, 0.2) is 12.1 Å². The maximum atomic E-state index is 15.2. The number of hydrogen-bond acceptors (Lipinski definition) is 4. The van der Waals surface area contributed by atoms with Crippen molar-refractivity contribution in [2.45, 2.75) is 187 Å². The van der Waals surface area contributed by atoms with Gasteiger partial charge >= 0.3 is 0 Å². The summed E-state index contributed by atoms with van der Waals surface area (Å²) in [5.41, 5.74) is 5.68. The lowest BCUT2D eigenvalue weighted by Crippen LogP contribution is -2.60. The van der Waals surface area contributed by atoms with Gasteiger partial charge < -0.3 is 30.3 Å². The highest BCUT2D eigenvalue weighted by Crippen LogP contribution is 2.49. The first-order valence-corrected chi connectivity index (χ1v) is 21.4. The Hall–Kier alpha value is -2.78. The molecular formula is C47H72N4O4. The van der Waals surface area contributed by atoms with Crippen LogP contribution in [0.3, 0.4) is 0 Å². The van der Waals surface area contributed by atoms with E-state index in [4.69, 9.17) is 0 Å². The van der Waals surface area contributed by atoms with Gasteiger partial charge in [-0.1, -0.05) is 95.2 Å². The Balaban J connectivity index is 1.22. The number of anilines is 2. The highest BCUT2D eigenvalue weighted by molar-refractivity contribution is 5.95. The molecule has 2 N–H and O–H groups in total. The number of amides is 2. The van der Waals surface area contributed by atoms with Gasteiger partial charge in [-0.3, -0.25) is 9.59 Å². The van der Waals surface area contributed by atoms with Gasteiger partial charge in [-0.2, -0.15) is 0 Å². The molecule has 2 amide bonds. The predicted octanol–water partition coefficient (Wildman–Crippen LogP) is 10.4. The zero-order valence-corrected chi connectivity index (χ0v) is 36.2. The summed E-state index contributed by atoms with van der Waals surface area (Å²) >= 11 is 0. The number of benzene rings is 2. The fourth-order valence-electron chi connectivity index (χ4n) is 10.5. The molecule has 8 nitrogen and oxygen atoms in total. The molecular weight excluding hydrogens is 685 g/mol. The third-order valence-electron chi connectivity index (χ3n) is 14.0. The van der Waals surface area contributed by atoms with Gasteiger partial charge in [-0.05, 0) is 93.9 Å². The van der Waals surface area contributed by atoms with Gasteiger partial charge in [0.2, 0.25) is 0 Å². The van der Waals surface area contributed by atoms with E-state index in [0.29, 0.717) is 19.3 Å². The van der Waals surface area contributed by atoms with E-state index in [9.17, 15) is 9.59 Å². The Bertz CT molecular complexity index is 1570. The van der Waals surface area contributed by atoms with Gasteiger partial charge in [0.1, 0.15) is 0 Å². The van der Waals surface area contributed by atoms with Crippen molar-refractivity contribution in [1.29, 1.82) is 0 Å². The van der Waals surface area contributed by atoms with Crippen molar-refractivity contribution in [3.63, 3.8) is 0 Å². The maximum absolute atomic E-state index is 15.2. The molecule has 0 unspecified atom stereocenters. The molecule has 4 fully saturated rings. The molecule has 4 aliphatic rings. The smallest absolute Gasteiger partial charge is 0.283 e. The number of nitrogens with zero attached hydrogens (tertiary/aromatic N) is 2. The van der Waals surface area contributed by atoms with Crippen LogP contribution in [0.1, 0.15) is 163 Å². The molecule has 0 radical (unpaired) electrons. The average Bonchev–Trinajstić information content (AvgIpc) is 3.83. The van der Waals surface area contributed by atoms with Crippen LogP contribution in [0.15, 0.2) is 36.4 Å². The first-order valence-electron chi connectivity index (χ1n) is 21.4. The van der Waals surface area contributed by atoms with Crippen LogP contribution in [0, 0.1) is 22.3 Å². The number of fused-ring (bicyclic) bond motifs is 2. The topological polar surface area (TPSA) is 104 Å². The average molecular weight is 757 g/mol. The van der Waals surface area contributed by atoms with Gasteiger partial charge in [0.25, 0.3) is 11.8 Å². The van der Waals surface area contributed by atoms with Crippen LogP contribution in [-0.4, -0.2) is 58.4 Å². The van der Waals surface area contributed by atoms with Crippen molar-refractivity contribution in [3.8, 4) is 0 Å². The predicted molar refractivity (Wildman–Crippen MR) is 226 cm³/mol. The molecule has 2 aliphatic carbocycles. The minimum absolute atomic E-state index is 0.102. The van der Waals surface area contributed by atoms with Crippen LogP contribution in [0.4, 0.5) is 11.4 Å². The second-order valence-electron chi connectivity index (χ2n) is 22.1. The minimum atomic E-state index is -0.712. The molecule has 0 aromatic heterocycles. The van der Waals surface area contributed by atoms with Crippen molar-refractivity contribution in [2.75, 3.05) is 23.7 Å². The lowest BCUT2D eigenvalue weighted by molar-refractivity contribution is -0.926. The van der Waals surface area contributed by atoms with Crippen molar-refractivity contribution < 1.29 is 18.9 Å². The summed E-state index contributed by atoms with van der Waals surface area (Å²) in [7, 11) is 0. The lowest BCUT2D eigenvalue weighted by atomic mass is 9.80. The van der Waals surface area contributed by atoms with Gasteiger partial charge in [0, 0.05) is 55.3 Å².